The fourth-order valence-electron chi connectivity index (χ4n) is 3.62. The van der Waals surface area contributed by atoms with Gasteiger partial charge in [-0.05, 0) is 26.8 Å². The van der Waals surface area contributed by atoms with Gasteiger partial charge in [0.1, 0.15) is 27.8 Å². The molecule has 3 aromatic rings. The lowest BCUT2D eigenvalue weighted by Crippen LogP contribution is -2.37. The molecule has 4 rings (SSSR count). The number of fused-ring (bicyclic) bond motifs is 1. The second-order valence-electron chi connectivity index (χ2n) is 8.73. The number of methoxy groups -OCH3 is 1. The number of anilines is 2. The molecule has 1 N–H and O–H groups in total. The van der Waals surface area contributed by atoms with E-state index in [-0.39, 0.29) is 33.6 Å². The fraction of sp³-hybridized carbons (Fsp3) is 0.455. The third-order valence-corrected chi connectivity index (χ3v) is 5.21. The van der Waals surface area contributed by atoms with E-state index in [2.05, 4.69) is 20.3 Å². The largest absolute Gasteiger partial charge is 0.494 e. The van der Waals surface area contributed by atoms with Crippen molar-refractivity contribution in [3.63, 3.8) is 0 Å². The summed E-state index contributed by atoms with van der Waals surface area (Å²) in [6.45, 7) is 7.32. The molecule has 0 radical (unpaired) electrons. The van der Waals surface area contributed by atoms with Crippen molar-refractivity contribution in [3.05, 3.63) is 29.2 Å². The van der Waals surface area contributed by atoms with Crippen molar-refractivity contribution >= 4 is 40.2 Å². The molecule has 13 heteroatoms. The maximum Gasteiger partial charge on any atom is 0.412 e. The summed E-state index contributed by atoms with van der Waals surface area (Å²) < 4.78 is 45.4. The van der Waals surface area contributed by atoms with E-state index < -0.39 is 23.9 Å². The topological polar surface area (TPSA) is 104 Å². The van der Waals surface area contributed by atoms with Crippen LogP contribution in [0.4, 0.5) is 25.1 Å². The van der Waals surface area contributed by atoms with Crippen LogP contribution in [0.3, 0.4) is 0 Å². The Morgan fingerprint density at radius 1 is 1.17 bits per heavy atom. The molecule has 1 aliphatic rings. The van der Waals surface area contributed by atoms with Gasteiger partial charge >= 0.3 is 6.09 Å². The number of amides is 1. The van der Waals surface area contributed by atoms with Crippen molar-refractivity contribution < 1.29 is 27.8 Å². The fourth-order valence-corrected chi connectivity index (χ4v) is 3.79. The Labute approximate surface area is 205 Å². The van der Waals surface area contributed by atoms with Gasteiger partial charge in [0.25, 0.3) is 6.43 Å². The van der Waals surface area contributed by atoms with Crippen LogP contribution in [0.1, 0.15) is 33.0 Å². The molecule has 0 saturated carbocycles. The predicted octanol–water partition coefficient (Wildman–Crippen LogP) is 4.60. The molecular weight excluding hydrogens is 486 g/mol. The summed E-state index contributed by atoms with van der Waals surface area (Å²) in [5.74, 6) is -0.0406. The molecule has 35 heavy (non-hydrogen) atoms. The number of aromatic nitrogens is 4. The first-order chi connectivity index (χ1) is 16.6. The zero-order valence-corrected chi connectivity index (χ0v) is 20.4. The molecular formula is C22H25ClF2N6O4. The summed E-state index contributed by atoms with van der Waals surface area (Å²) in [6, 6.07) is 4.50. The highest BCUT2D eigenvalue weighted by Crippen LogP contribution is 2.35. The van der Waals surface area contributed by atoms with Crippen LogP contribution in [0.5, 0.6) is 5.75 Å². The lowest BCUT2D eigenvalue weighted by molar-refractivity contribution is 0.0636. The number of carbonyl (C=O) groups is 1. The third-order valence-electron chi connectivity index (χ3n) is 5.02. The molecule has 3 heterocycles. The number of rotatable bonds is 5. The van der Waals surface area contributed by atoms with E-state index in [1.807, 2.05) is 4.90 Å². The molecule has 1 aliphatic heterocycles. The first-order valence-corrected chi connectivity index (χ1v) is 11.2. The van der Waals surface area contributed by atoms with Crippen molar-refractivity contribution in [2.24, 2.45) is 0 Å². The van der Waals surface area contributed by atoms with Gasteiger partial charge in [-0.15, -0.1) is 0 Å². The minimum Gasteiger partial charge on any atom is -0.494 e. The summed E-state index contributed by atoms with van der Waals surface area (Å²) >= 11 is 6.26. The van der Waals surface area contributed by atoms with Crippen molar-refractivity contribution in [1.29, 1.82) is 0 Å². The molecule has 2 aromatic heterocycles. The second-order valence-corrected chi connectivity index (χ2v) is 9.11. The Morgan fingerprint density at radius 3 is 2.51 bits per heavy atom. The normalized spacial score (nSPS) is 14.5. The van der Waals surface area contributed by atoms with Crippen LogP contribution < -0.4 is 15.0 Å². The number of carbonyl (C=O) groups excluding carboxylic acids is 1. The van der Waals surface area contributed by atoms with E-state index in [0.717, 1.165) is 4.57 Å². The number of benzene rings is 1. The number of morpholine rings is 1. The Kier molecular flexibility index (Phi) is 6.95. The van der Waals surface area contributed by atoms with E-state index in [9.17, 15) is 13.6 Å². The molecule has 0 spiro atoms. The van der Waals surface area contributed by atoms with Crippen molar-refractivity contribution in [3.8, 4) is 11.7 Å². The quantitative estimate of drug-likeness (QED) is 0.497. The number of hydrogen-bond acceptors (Lipinski definition) is 8. The Bertz CT molecular complexity index is 1240. The van der Waals surface area contributed by atoms with Crippen LogP contribution in [0, 0.1) is 0 Å². The predicted molar refractivity (Wildman–Crippen MR) is 126 cm³/mol. The summed E-state index contributed by atoms with van der Waals surface area (Å²) in [5, 5.41) is 2.68. The van der Waals surface area contributed by atoms with Crippen LogP contribution in [-0.2, 0) is 9.47 Å². The number of nitrogens with one attached hydrogen (secondary N) is 1. The highest BCUT2D eigenvalue weighted by Gasteiger charge is 2.26. The van der Waals surface area contributed by atoms with Gasteiger partial charge in [-0.3, -0.25) is 9.88 Å². The Hall–Kier alpha value is -3.25. The van der Waals surface area contributed by atoms with Crippen LogP contribution in [-0.4, -0.2) is 64.6 Å². The van der Waals surface area contributed by atoms with Gasteiger partial charge in [-0.25, -0.2) is 23.5 Å². The Balaban J connectivity index is 1.86. The monoisotopic (exact) mass is 510 g/mol. The number of alkyl halides is 2. The van der Waals surface area contributed by atoms with Crippen molar-refractivity contribution in [1.82, 2.24) is 19.5 Å². The number of halogens is 3. The summed E-state index contributed by atoms with van der Waals surface area (Å²) in [5.41, 5.74) is -0.135. The molecule has 0 atom stereocenters. The lowest BCUT2D eigenvalue weighted by Gasteiger charge is -2.28. The van der Waals surface area contributed by atoms with E-state index in [1.165, 1.54) is 19.2 Å². The molecule has 0 bridgehead atoms. The zero-order valence-electron chi connectivity index (χ0n) is 19.6. The summed E-state index contributed by atoms with van der Waals surface area (Å²) in [7, 11) is 1.37. The average molecular weight is 511 g/mol. The SMILES string of the molecule is COc1cc(NC(=O)OC(C)(C)C)cc2c1nc(C(F)F)n2-c1nc(Cl)cc(N2CCOCC2)n1. The number of hydrogen-bond donors (Lipinski definition) is 1. The molecule has 0 aliphatic carbocycles. The Morgan fingerprint density at radius 2 is 1.89 bits per heavy atom. The number of ether oxygens (including phenoxy) is 3. The molecule has 1 saturated heterocycles. The van der Waals surface area contributed by atoms with Gasteiger partial charge in [-0.1, -0.05) is 11.6 Å². The zero-order chi connectivity index (χ0) is 25.3. The van der Waals surface area contributed by atoms with Crippen LogP contribution in [0.25, 0.3) is 17.0 Å². The average Bonchev–Trinajstić information content (AvgIpc) is 3.17. The van der Waals surface area contributed by atoms with Crippen LogP contribution >= 0.6 is 11.6 Å². The smallest absolute Gasteiger partial charge is 0.412 e. The summed E-state index contributed by atoms with van der Waals surface area (Å²) in [4.78, 5) is 27.0. The van der Waals surface area contributed by atoms with Gasteiger partial charge in [0.2, 0.25) is 5.95 Å². The highest BCUT2D eigenvalue weighted by atomic mass is 35.5. The van der Waals surface area contributed by atoms with Crippen LogP contribution in [0.15, 0.2) is 18.2 Å². The van der Waals surface area contributed by atoms with E-state index in [0.29, 0.717) is 32.1 Å². The number of imidazole rings is 1. The molecule has 1 aromatic carbocycles. The first kappa shape index (κ1) is 24.9. The van der Waals surface area contributed by atoms with E-state index in [1.54, 1.807) is 26.8 Å². The van der Waals surface area contributed by atoms with Crippen LogP contribution in [0.2, 0.25) is 5.15 Å². The standard InChI is InChI=1S/C22H25ClF2N6O4/c1-22(2,3)35-21(32)26-12-9-13-17(14(10-12)33-4)29-19(18(24)25)31(13)20-27-15(23)11-16(28-20)30-5-7-34-8-6-30/h9-11,18H,5-8H2,1-4H3,(H,26,32). The summed E-state index contributed by atoms with van der Waals surface area (Å²) in [6.07, 6.45) is -3.67. The molecule has 0 unspecified atom stereocenters. The van der Waals surface area contributed by atoms with Gasteiger partial charge in [0.15, 0.2) is 5.82 Å². The minimum atomic E-state index is -2.95. The highest BCUT2D eigenvalue weighted by molar-refractivity contribution is 6.29. The second kappa shape index (κ2) is 9.78. The lowest BCUT2D eigenvalue weighted by atomic mass is 10.2. The minimum absolute atomic E-state index is 0.0774. The van der Waals surface area contributed by atoms with Gasteiger partial charge in [0.05, 0.1) is 25.8 Å². The first-order valence-electron chi connectivity index (χ1n) is 10.8. The van der Waals surface area contributed by atoms with E-state index >= 15 is 0 Å². The molecule has 1 fully saturated rings. The maximum atomic E-state index is 14.1. The van der Waals surface area contributed by atoms with E-state index in [4.69, 9.17) is 25.8 Å². The van der Waals surface area contributed by atoms with Crippen molar-refractivity contribution in [2.75, 3.05) is 43.6 Å². The van der Waals surface area contributed by atoms with Gasteiger partial charge in [-0.2, -0.15) is 4.98 Å². The molecule has 188 valence electrons. The number of nitrogens with zero attached hydrogens (tertiary/aromatic N) is 5. The molecule has 1 amide bonds. The van der Waals surface area contributed by atoms with Crippen molar-refractivity contribution in [2.45, 2.75) is 32.8 Å². The van der Waals surface area contributed by atoms with Gasteiger partial charge < -0.3 is 19.1 Å². The maximum absolute atomic E-state index is 14.1. The molecule has 10 nitrogen and oxygen atoms in total. The van der Waals surface area contributed by atoms with Gasteiger partial charge in [0, 0.05) is 30.9 Å². The third kappa shape index (κ3) is 5.54.